The quantitative estimate of drug-likeness (QED) is 0.872. The summed E-state index contributed by atoms with van der Waals surface area (Å²) in [7, 11) is 0. The molecule has 0 bridgehead atoms. The smallest absolute Gasteiger partial charge is 0.134 e. The van der Waals surface area contributed by atoms with Gasteiger partial charge in [-0.15, -0.1) is 0 Å². The number of hydrogen-bond acceptors (Lipinski definition) is 5. The van der Waals surface area contributed by atoms with Crippen molar-refractivity contribution in [3.05, 3.63) is 12.4 Å². The molecule has 5 nitrogen and oxygen atoms in total. The average molecular weight is 261 g/mol. The van der Waals surface area contributed by atoms with Crippen LogP contribution in [-0.4, -0.2) is 42.2 Å². The van der Waals surface area contributed by atoms with Crippen molar-refractivity contribution in [2.24, 2.45) is 5.73 Å². The third-order valence-corrected chi connectivity index (χ3v) is 4.10. The molecule has 5 heteroatoms. The summed E-state index contributed by atoms with van der Waals surface area (Å²) in [4.78, 5) is 13.5. The predicted octanol–water partition coefficient (Wildman–Crippen LogP) is 1.39. The molecule has 19 heavy (non-hydrogen) atoms. The largest absolute Gasteiger partial charge is 0.356 e. The highest BCUT2D eigenvalue weighted by atomic mass is 15.2. The van der Waals surface area contributed by atoms with Crippen LogP contribution in [-0.2, 0) is 0 Å². The molecule has 3 heterocycles. The van der Waals surface area contributed by atoms with Gasteiger partial charge in [-0.3, -0.25) is 0 Å². The van der Waals surface area contributed by atoms with Crippen molar-refractivity contribution in [3.8, 4) is 0 Å². The van der Waals surface area contributed by atoms with Crippen LogP contribution in [0.1, 0.15) is 32.1 Å². The van der Waals surface area contributed by atoms with Crippen LogP contribution in [0.25, 0.3) is 0 Å². The summed E-state index contributed by atoms with van der Waals surface area (Å²) in [6.45, 7) is 4.21. The number of anilines is 2. The number of nitrogens with two attached hydrogens (primary N) is 1. The third-order valence-electron chi connectivity index (χ3n) is 4.10. The highest BCUT2D eigenvalue weighted by Crippen LogP contribution is 2.23. The second kappa shape index (κ2) is 5.74. The SMILES string of the molecule is NC1CCCN(c2cc(N3CCCCC3)ncn2)C1. The van der Waals surface area contributed by atoms with Gasteiger partial charge < -0.3 is 15.5 Å². The molecule has 0 radical (unpaired) electrons. The van der Waals surface area contributed by atoms with Gasteiger partial charge in [0.25, 0.3) is 0 Å². The Kier molecular flexibility index (Phi) is 3.82. The summed E-state index contributed by atoms with van der Waals surface area (Å²) in [6, 6.07) is 2.41. The molecule has 2 aliphatic heterocycles. The van der Waals surface area contributed by atoms with Gasteiger partial charge in [-0.1, -0.05) is 0 Å². The van der Waals surface area contributed by atoms with E-state index in [9.17, 15) is 0 Å². The fraction of sp³-hybridized carbons (Fsp3) is 0.714. The first-order valence-corrected chi connectivity index (χ1v) is 7.40. The van der Waals surface area contributed by atoms with E-state index < -0.39 is 0 Å². The Morgan fingerprint density at radius 1 is 0.947 bits per heavy atom. The number of aromatic nitrogens is 2. The van der Waals surface area contributed by atoms with Crippen molar-refractivity contribution >= 4 is 11.6 Å². The van der Waals surface area contributed by atoms with E-state index >= 15 is 0 Å². The van der Waals surface area contributed by atoms with Crippen LogP contribution in [0, 0.1) is 0 Å². The normalized spacial score (nSPS) is 24.6. The Morgan fingerprint density at radius 2 is 1.63 bits per heavy atom. The Labute approximate surface area is 114 Å². The minimum Gasteiger partial charge on any atom is -0.356 e. The van der Waals surface area contributed by atoms with Gasteiger partial charge >= 0.3 is 0 Å². The van der Waals surface area contributed by atoms with Crippen molar-refractivity contribution in [2.75, 3.05) is 36.0 Å². The second-order valence-corrected chi connectivity index (χ2v) is 5.63. The molecule has 0 saturated carbocycles. The lowest BCUT2D eigenvalue weighted by Gasteiger charge is -2.33. The molecule has 0 amide bonds. The standard InChI is InChI=1S/C14H23N5/c15-12-5-4-8-19(10-12)14-9-13(16-11-17-14)18-6-2-1-3-7-18/h9,11-12H,1-8,10,15H2. The van der Waals surface area contributed by atoms with Gasteiger partial charge in [-0.2, -0.15) is 0 Å². The molecule has 1 aromatic rings. The van der Waals surface area contributed by atoms with Gasteiger partial charge in [-0.25, -0.2) is 9.97 Å². The van der Waals surface area contributed by atoms with Crippen LogP contribution in [0.15, 0.2) is 12.4 Å². The molecular formula is C14H23N5. The van der Waals surface area contributed by atoms with E-state index in [0.717, 1.165) is 50.7 Å². The fourth-order valence-electron chi connectivity index (χ4n) is 3.02. The molecule has 2 saturated heterocycles. The van der Waals surface area contributed by atoms with Crippen molar-refractivity contribution in [1.82, 2.24) is 9.97 Å². The molecule has 1 aromatic heterocycles. The Hall–Kier alpha value is -1.36. The second-order valence-electron chi connectivity index (χ2n) is 5.63. The molecule has 2 aliphatic rings. The summed E-state index contributed by atoms with van der Waals surface area (Å²) in [5.41, 5.74) is 6.05. The Bertz CT molecular complexity index is 416. The van der Waals surface area contributed by atoms with Crippen molar-refractivity contribution in [1.29, 1.82) is 0 Å². The zero-order valence-corrected chi connectivity index (χ0v) is 11.5. The van der Waals surface area contributed by atoms with Gasteiger partial charge in [-0.05, 0) is 32.1 Å². The molecule has 104 valence electrons. The Morgan fingerprint density at radius 3 is 2.37 bits per heavy atom. The molecule has 1 unspecified atom stereocenters. The lowest BCUT2D eigenvalue weighted by molar-refractivity contribution is 0.502. The van der Waals surface area contributed by atoms with Crippen LogP contribution in [0.3, 0.4) is 0 Å². The number of hydrogen-bond donors (Lipinski definition) is 1. The van der Waals surface area contributed by atoms with Gasteiger partial charge in [0.15, 0.2) is 0 Å². The molecule has 2 fully saturated rings. The van der Waals surface area contributed by atoms with E-state index in [0.29, 0.717) is 0 Å². The summed E-state index contributed by atoms with van der Waals surface area (Å²) >= 11 is 0. The molecular weight excluding hydrogens is 238 g/mol. The predicted molar refractivity (Wildman–Crippen MR) is 77.5 cm³/mol. The maximum atomic E-state index is 6.05. The first-order valence-electron chi connectivity index (χ1n) is 7.40. The van der Waals surface area contributed by atoms with Crippen LogP contribution < -0.4 is 15.5 Å². The fourth-order valence-corrected chi connectivity index (χ4v) is 3.02. The van der Waals surface area contributed by atoms with Crippen LogP contribution >= 0.6 is 0 Å². The minimum atomic E-state index is 0.280. The minimum absolute atomic E-state index is 0.280. The summed E-state index contributed by atoms with van der Waals surface area (Å²) in [6.07, 6.45) is 7.86. The van der Waals surface area contributed by atoms with Gasteiger partial charge in [0.1, 0.15) is 18.0 Å². The zero-order chi connectivity index (χ0) is 13.1. The van der Waals surface area contributed by atoms with E-state index in [-0.39, 0.29) is 6.04 Å². The number of nitrogens with zero attached hydrogens (tertiary/aromatic N) is 4. The Balaban J connectivity index is 1.75. The number of piperidine rings is 2. The number of rotatable bonds is 2. The van der Waals surface area contributed by atoms with Crippen LogP contribution in [0.4, 0.5) is 11.6 Å². The lowest BCUT2D eigenvalue weighted by atomic mass is 10.1. The first kappa shape index (κ1) is 12.7. The topological polar surface area (TPSA) is 58.3 Å². The van der Waals surface area contributed by atoms with Gasteiger partial charge in [0.2, 0.25) is 0 Å². The maximum absolute atomic E-state index is 6.05. The molecule has 0 aromatic carbocycles. The molecule has 0 aliphatic carbocycles. The highest BCUT2D eigenvalue weighted by molar-refractivity contribution is 5.50. The highest BCUT2D eigenvalue weighted by Gasteiger charge is 2.19. The summed E-state index contributed by atoms with van der Waals surface area (Å²) in [5, 5.41) is 0. The third kappa shape index (κ3) is 2.97. The van der Waals surface area contributed by atoms with E-state index in [1.807, 2.05) is 0 Å². The lowest BCUT2D eigenvalue weighted by Crippen LogP contribution is -2.43. The van der Waals surface area contributed by atoms with Gasteiger partial charge in [0, 0.05) is 38.3 Å². The molecule has 0 spiro atoms. The van der Waals surface area contributed by atoms with Crippen molar-refractivity contribution in [2.45, 2.75) is 38.1 Å². The van der Waals surface area contributed by atoms with Crippen molar-refractivity contribution < 1.29 is 0 Å². The summed E-state index contributed by atoms with van der Waals surface area (Å²) in [5.74, 6) is 2.11. The van der Waals surface area contributed by atoms with E-state index in [1.54, 1.807) is 6.33 Å². The first-order chi connectivity index (χ1) is 9.33. The van der Waals surface area contributed by atoms with Gasteiger partial charge in [0.05, 0.1) is 0 Å². The molecule has 2 N–H and O–H groups in total. The average Bonchev–Trinajstić information content (AvgIpc) is 2.48. The molecule has 1 atom stereocenters. The van der Waals surface area contributed by atoms with Crippen LogP contribution in [0.2, 0.25) is 0 Å². The van der Waals surface area contributed by atoms with E-state index in [2.05, 4.69) is 25.8 Å². The van der Waals surface area contributed by atoms with Crippen LogP contribution in [0.5, 0.6) is 0 Å². The monoisotopic (exact) mass is 261 g/mol. The molecule has 3 rings (SSSR count). The van der Waals surface area contributed by atoms with E-state index in [4.69, 9.17) is 5.73 Å². The summed E-state index contributed by atoms with van der Waals surface area (Å²) < 4.78 is 0. The zero-order valence-electron chi connectivity index (χ0n) is 11.5. The van der Waals surface area contributed by atoms with E-state index in [1.165, 1.54) is 19.3 Å². The van der Waals surface area contributed by atoms with Crippen molar-refractivity contribution in [3.63, 3.8) is 0 Å². The maximum Gasteiger partial charge on any atom is 0.134 e.